The lowest BCUT2D eigenvalue weighted by Crippen LogP contribution is -2.40. The molecule has 0 fully saturated rings. The summed E-state index contributed by atoms with van der Waals surface area (Å²) in [7, 11) is 1.81. The molecule has 4 nitrogen and oxygen atoms in total. The zero-order chi connectivity index (χ0) is 15.7. The van der Waals surface area contributed by atoms with E-state index in [9.17, 15) is 4.79 Å². The summed E-state index contributed by atoms with van der Waals surface area (Å²) in [5, 5.41) is 3.42. The van der Waals surface area contributed by atoms with Crippen LogP contribution in [-0.2, 0) is 0 Å². The fraction of sp³-hybridized carbons (Fsp3) is 0.278. The van der Waals surface area contributed by atoms with E-state index in [2.05, 4.69) is 5.32 Å². The van der Waals surface area contributed by atoms with Crippen molar-refractivity contribution in [1.29, 1.82) is 0 Å². The molecule has 0 saturated carbocycles. The maximum absolute atomic E-state index is 12.5. The second-order valence-corrected chi connectivity index (χ2v) is 5.74. The number of amides is 1. The van der Waals surface area contributed by atoms with Crippen molar-refractivity contribution in [3.63, 3.8) is 0 Å². The van der Waals surface area contributed by atoms with E-state index in [0.717, 1.165) is 17.0 Å². The minimum Gasteiger partial charge on any atom is -0.491 e. The number of nitrogens with zero attached hydrogens (tertiary/aromatic N) is 1. The second-order valence-electron chi connectivity index (χ2n) is 5.74. The van der Waals surface area contributed by atoms with Gasteiger partial charge >= 0.3 is 0 Å². The summed E-state index contributed by atoms with van der Waals surface area (Å²) in [4.78, 5) is 14.2. The average molecular weight is 296 g/mol. The molecule has 2 aromatic rings. The van der Waals surface area contributed by atoms with Gasteiger partial charge in [-0.3, -0.25) is 4.79 Å². The van der Waals surface area contributed by atoms with Crippen LogP contribution >= 0.6 is 0 Å². The summed E-state index contributed by atoms with van der Waals surface area (Å²) in [6.45, 7) is 4.00. The molecule has 3 rings (SSSR count). The maximum Gasteiger partial charge on any atom is 0.257 e. The normalized spacial score (nSPS) is 17.2. The van der Waals surface area contributed by atoms with Crippen molar-refractivity contribution in [2.24, 2.45) is 0 Å². The zero-order valence-corrected chi connectivity index (χ0v) is 13.0. The molecule has 0 spiro atoms. The SMILES string of the molecule is CC(C)Oc1ccc([C@@H]2Nc3ccccc3C(=O)N2C)cc1. The predicted octanol–water partition coefficient (Wildman–Crippen LogP) is 3.67. The molecule has 1 amide bonds. The number of carbonyl (C=O) groups excluding carboxylic acids is 1. The molecule has 0 aliphatic carbocycles. The Hall–Kier alpha value is -2.49. The highest BCUT2D eigenvalue weighted by Crippen LogP contribution is 2.32. The molecule has 22 heavy (non-hydrogen) atoms. The molecular weight excluding hydrogens is 276 g/mol. The van der Waals surface area contributed by atoms with Gasteiger partial charge in [-0.15, -0.1) is 0 Å². The van der Waals surface area contributed by atoms with Crippen LogP contribution in [0.5, 0.6) is 5.75 Å². The number of nitrogens with one attached hydrogen (secondary N) is 1. The summed E-state index contributed by atoms with van der Waals surface area (Å²) < 4.78 is 5.66. The van der Waals surface area contributed by atoms with E-state index in [4.69, 9.17) is 4.74 Å². The first-order valence-electron chi connectivity index (χ1n) is 7.45. The van der Waals surface area contributed by atoms with E-state index in [1.807, 2.05) is 69.4 Å². The van der Waals surface area contributed by atoms with E-state index in [-0.39, 0.29) is 18.2 Å². The highest BCUT2D eigenvalue weighted by molar-refractivity contribution is 6.01. The van der Waals surface area contributed by atoms with Crippen LogP contribution in [0.4, 0.5) is 5.69 Å². The van der Waals surface area contributed by atoms with E-state index >= 15 is 0 Å². The van der Waals surface area contributed by atoms with E-state index in [1.165, 1.54) is 0 Å². The lowest BCUT2D eigenvalue weighted by Gasteiger charge is -2.35. The lowest BCUT2D eigenvalue weighted by atomic mass is 10.0. The van der Waals surface area contributed by atoms with Gasteiger partial charge in [0, 0.05) is 12.7 Å². The van der Waals surface area contributed by atoms with Gasteiger partial charge in [-0.05, 0) is 43.7 Å². The smallest absolute Gasteiger partial charge is 0.257 e. The number of anilines is 1. The minimum atomic E-state index is -0.171. The van der Waals surface area contributed by atoms with Crippen LogP contribution in [0.2, 0.25) is 0 Å². The van der Waals surface area contributed by atoms with Crippen molar-refractivity contribution in [1.82, 2.24) is 4.90 Å². The summed E-state index contributed by atoms with van der Waals surface area (Å²) in [6.07, 6.45) is -0.0229. The van der Waals surface area contributed by atoms with Crippen molar-refractivity contribution < 1.29 is 9.53 Å². The van der Waals surface area contributed by atoms with Crippen LogP contribution in [0.15, 0.2) is 48.5 Å². The Morgan fingerprint density at radius 1 is 1.09 bits per heavy atom. The molecule has 0 aromatic heterocycles. The average Bonchev–Trinajstić information content (AvgIpc) is 2.51. The molecular formula is C18H20N2O2. The number of hydrogen-bond donors (Lipinski definition) is 1. The third kappa shape index (κ3) is 2.64. The molecule has 1 aliphatic rings. The van der Waals surface area contributed by atoms with Crippen molar-refractivity contribution in [3.05, 3.63) is 59.7 Å². The Kier molecular flexibility index (Phi) is 3.75. The van der Waals surface area contributed by atoms with Gasteiger partial charge in [-0.25, -0.2) is 0 Å². The first kappa shape index (κ1) is 14.4. The van der Waals surface area contributed by atoms with Crippen molar-refractivity contribution in [2.75, 3.05) is 12.4 Å². The van der Waals surface area contributed by atoms with Crippen molar-refractivity contribution in [2.45, 2.75) is 26.1 Å². The van der Waals surface area contributed by atoms with E-state index < -0.39 is 0 Å². The highest BCUT2D eigenvalue weighted by Gasteiger charge is 2.29. The molecule has 0 radical (unpaired) electrons. The monoisotopic (exact) mass is 296 g/mol. The van der Waals surface area contributed by atoms with Crippen molar-refractivity contribution >= 4 is 11.6 Å². The van der Waals surface area contributed by atoms with Gasteiger partial charge < -0.3 is 15.0 Å². The Bertz CT molecular complexity index is 680. The number of benzene rings is 2. The third-order valence-corrected chi connectivity index (χ3v) is 3.72. The van der Waals surface area contributed by atoms with Gasteiger partial charge in [-0.1, -0.05) is 24.3 Å². The van der Waals surface area contributed by atoms with Crippen LogP contribution in [0.25, 0.3) is 0 Å². The maximum atomic E-state index is 12.5. The van der Waals surface area contributed by atoms with Crippen molar-refractivity contribution in [3.8, 4) is 5.75 Å². The van der Waals surface area contributed by atoms with E-state index in [0.29, 0.717) is 5.56 Å². The Balaban J connectivity index is 1.88. The summed E-state index contributed by atoms with van der Waals surface area (Å²) in [5.74, 6) is 0.866. The number of carbonyl (C=O) groups is 1. The fourth-order valence-corrected chi connectivity index (χ4v) is 2.65. The molecule has 1 atom stereocenters. The van der Waals surface area contributed by atoms with Gasteiger partial charge in [-0.2, -0.15) is 0 Å². The number of hydrogen-bond acceptors (Lipinski definition) is 3. The van der Waals surface area contributed by atoms with Gasteiger partial charge in [0.1, 0.15) is 11.9 Å². The summed E-state index contributed by atoms with van der Waals surface area (Å²) in [5.41, 5.74) is 2.61. The largest absolute Gasteiger partial charge is 0.491 e. The molecule has 0 bridgehead atoms. The molecule has 1 aliphatic heterocycles. The van der Waals surface area contributed by atoms with Crippen LogP contribution in [-0.4, -0.2) is 24.0 Å². The van der Waals surface area contributed by atoms with Crippen LogP contribution in [0.1, 0.15) is 35.9 Å². The fourth-order valence-electron chi connectivity index (χ4n) is 2.65. The third-order valence-electron chi connectivity index (χ3n) is 3.72. The number of fused-ring (bicyclic) bond motifs is 1. The number of rotatable bonds is 3. The molecule has 0 unspecified atom stereocenters. The van der Waals surface area contributed by atoms with Gasteiger partial charge in [0.25, 0.3) is 5.91 Å². The quantitative estimate of drug-likeness (QED) is 0.939. The zero-order valence-electron chi connectivity index (χ0n) is 13.0. The summed E-state index contributed by atoms with van der Waals surface area (Å²) in [6, 6.07) is 15.5. The van der Waals surface area contributed by atoms with E-state index in [1.54, 1.807) is 4.90 Å². The molecule has 1 N–H and O–H groups in total. The summed E-state index contributed by atoms with van der Waals surface area (Å²) >= 11 is 0. The molecule has 0 saturated heterocycles. The van der Waals surface area contributed by atoms with Crippen LogP contribution < -0.4 is 10.1 Å². The number of ether oxygens (including phenoxy) is 1. The Labute approximate surface area is 130 Å². The van der Waals surface area contributed by atoms with Gasteiger partial charge in [0.15, 0.2) is 0 Å². The molecule has 1 heterocycles. The minimum absolute atomic E-state index is 0.0295. The first-order chi connectivity index (χ1) is 10.6. The molecule has 2 aromatic carbocycles. The second kappa shape index (κ2) is 5.72. The molecule has 114 valence electrons. The lowest BCUT2D eigenvalue weighted by molar-refractivity contribution is 0.0735. The topological polar surface area (TPSA) is 41.6 Å². The predicted molar refractivity (Wildman–Crippen MR) is 87.1 cm³/mol. The first-order valence-corrected chi connectivity index (χ1v) is 7.45. The highest BCUT2D eigenvalue weighted by atomic mass is 16.5. The molecule has 4 heteroatoms. The Morgan fingerprint density at radius 3 is 2.45 bits per heavy atom. The van der Waals surface area contributed by atoms with Crippen LogP contribution in [0, 0.1) is 0 Å². The van der Waals surface area contributed by atoms with Crippen LogP contribution in [0.3, 0.4) is 0 Å². The standard InChI is InChI=1S/C18H20N2O2/c1-12(2)22-14-10-8-13(9-11-14)17-19-16-7-5-4-6-15(16)18(21)20(17)3/h4-12,17,19H,1-3H3/t17-/m1/s1. The Morgan fingerprint density at radius 2 is 1.77 bits per heavy atom. The number of para-hydroxylation sites is 1. The van der Waals surface area contributed by atoms with Gasteiger partial charge in [0.05, 0.1) is 11.7 Å². The van der Waals surface area contributed by atoms with Gasteiger partial charge in [0.2, 0.25) is 0 Å².